The van der Waals surface area contributed by atoms with Gasteiger partial charge in [-0.3, -0.25) is 0 Å². The van der Waals surface area contributed by atoms with Crippen molar-refractivity contribution in [1.29, 1.82) is 0 Å². The maximum absolute atomic E-state index is 10.5. The first-order valence-corrected chi connectivity index (χ1v) is 9.51. The second-order valence-corrected chi connectivity index (χ2v) is 6.79. The van der Waals surface area contributed by atoms with Crippen LogP contribution < -0.4 is 4.74 Å². The molecular formula is C22H28N2O2. The Morgan fingerprint density at radius 2 is 1.96 bits per heavy atom. The minimum absolute atomic E-state index is 0.504. The molecule has 4 nitrogen and oxygen atoms in total. The first kappa shape index (κ1) is 18.5. The quantitative estimate of drug-likeness (QED) is 0.549. The van der Waals surface area contributed by atoms with Crippen LogP contribution in [0.4, 0.5) is 0 Å². The third kappa shape index (κ3) is 4.44. The molecule has 3 aromatic rings. The molecule has 138 valence electrons. The van der Waals surface area contributed by atoms with Crippen LogP contribution in [0.2, 0.25) is 0 Å². The molecule has 0 radical (unpaired) electrons. The molecule has 0 aliphatic rings. The number of nitrogens with zero attached hydrogens (tertiary/aromatic N) is 2. The Hall–Kier alpha value is -2.33. The SMILES string of the molecule is CCCC(O)c1nc2ccccc2n1CCCCOc1cccc(C)c1. The summed E-state index contributed by atoms with van der Waals surface area (Å²) in [6.45, 7) is 5.69. The summed E-state index contributed by atoms with van der Waals surface area (Å²) in [6, 6.07) is 16.2. The average molecular weight is 352 g/mol. The van der Waals surface area contributed by atoms with E-state index in [1.807, 2.05) is 30.3 Å². The fourth-order valence-corrected chi connectivity index (χ4v) is 3.25. The van der Waals surface area contributed by atoms with Crippen molar-refractivity contribution >= 4 is 11.0 Å². The van der Waals surface area contributed by atoms with E-state index in [1.54, 1.807) is 0 Å². The van der Waals surface area contributed by atoms with Crippen LogP contribution >= 0.6 is 0 Å². The van der Waals surface area contributed by atoms with E-state index < -0.39 is 6.10 Å². The second kappa shape index (κ2) is 8.86. The molecule has 0 amide bonds. The molecule has 3 rings (SSSR count). The molecule has 0 saturated heterocycles. The predicted octanol–water partition coefficient (Wildman–Crippen LogP) is 5.04. The Balaban J connectivity index is 1.61. The van der Waals surface area contributed by atoms with Crippen LogP contribution in [-0.4, -0.2) is 21.3 Å². The number of hydrogen-bond donors (Lipinski definition) is 1. The van der Waals surface area contributed by atoms with Gasteiger partial charge in [0.15, 0.2) is 0 Å². The summed E-state index contributed by atoms with van der Waals surface area (Å²) in [4.78, 5) is 4.67. The maximum atomic E-state index is 10.5. The molecule has 1 aromatic heterocycles. The third-order valence-corrected chi connectivity index (χ3v) is 4.58. The van der Waals surface area contributed by atoms with E-state index in [0.717, 1.165) is 54.8 Å². The maximum Gasteiger partial charge on any atom is 0.138 e. The first-order chi connectivity index (χ1) is 12.7. The van der Waals surface area contributed by atoms with Crippen molar-refractivity contribution in [3.05, 3.63) is 59.9 Å². The summed E-state index contributed by atoms with van der Waals surface area (Å²) in [5.74, 6) is 1.71. The van der Waals surface area contributed by atoms with Gasteiger partial charge in [0.2, 0.25) is 0 Å². The molecule has 1 heterocycles. The predicted molar refractivity (Wildman–Crippen MR) is 106 cm³/mol. The molecule has 0 fully saturated rings. The summed E-state index contributed by atoms with van der Waals surface area (Å²) in [5.41, 5.74) is 3.26. The molecule has 2 aromatic carbocycles. The minimum Gasteiger partial charge on any atom is -0.494 e. The van der Waals surface area contributed by atoms with Crippen molar-refractivity contribution in [3.63, 3.8) is 0 Å². The highest BCUT2D eigenvalue weighted by Crippen LogP contribution is 2.24. The largest absolute Gasteiger partial charge is 0.494 e. The fraction of sp³-hybridized carbons (Fsp3) is 0.409. The van der Waals surface area contributed by atoms with Crippen molar-refractivity contribution < 1.29 is 9.84 Å². The number of aryl methyl sites for hydroxylation is 2. The highest BCUT2D eigenvalue weighted by Gasteiger charge is 2.17. The molecule has 0 bridgehead atoms. The van der Waals surface area contributed by atoms with Crippen molar-refractivity contribution in [2.24, 2.45) is 0 Å². The lowest BCUT2D eigenvalue weighted by Gasteiger charge is -2.13. The second-order valence-electron chi connectivity index (χ2n) is 6.79. The molecule has 0 saturated carbocycles. The van der Waals surface area contributed by atoms with Crippen molar-refractivity contribution in [2.45, 2.75) is 52.2 Å². The van der Waals surface area contributed by atoms with Crippen LogP contribution in [0.25, 0.3) is 11.0 Å². The number of aliphatic hydroxyl groups is 1. The molecule has 1 unspecified atom stereocenters. The highest BCUT2D eigenvalue weighted by molar-refractivity contribution is 5.76. The van der Waals surface area contributed by atoms with E-state index in [2.05, 4.69) is 41.6 Å². The lowest BCUT2D eigenvalue weighted by molar-refractivity contribution is 0.152. The number of rotatable bonds is 9. The summed E-state index contributed by atoms with van der Waals surface area (Å²) < 4.78 is 8.00. The molecule has 1 N–H and O–H groups in total. The van der Waals surface area contributed by atoms with Gasteiger partial charge in [0.25, 0.3) is 0 Å². The summed E-state index contributed by atoms with van der Waals surface area (Å²) in [6.07, 6.45) is 3.12. The van der Waals surface area contributed by atoms with Crippen LogP contribution in [0.5, 0.6) is 5.75 Å². The van der Waals surface area contributed by atoms with E-state index in [1.165, 1.54) is 5.56 Å². The van der Waals surface area contributed by atoms with E-state index in [-0.39, 0.29) is 0 Å². The molecule has 0 spiro atoms. The zero-order valence-electron chi connectivity index (χ0n) is 15.7. The number of unbranched alkanes of at least 4 members (excludes halogenated alkanes) is 1. The topological polar surface area (TPSA) is 47.3 Å². The lowest BCUT2D eigenvalue weighted by Crippen LogP contribution is -2.10. The summed E-state index contributed by atoms with van der Waals surface area (Å²) in [7, 11) is 0. The van der Waals surface area contributed by atoms with Gasteiger partial charge in [0.1, 0.15) is 17.7 Å². The number of aromatic nitrogens is 2. The van der Waals surface area contributed by atoms with Crippen LogP contribution in [0, 0.1) is 6.92 Å². The van der Waals surface area contributed by atoms with Crippen LogP contribution in [0.15, 0.2) is 48.5 Å². The van der Waals surface area contributed by atoms with E-state index in [0.29, 0.717) is 6.61 Å². The number of para-hydroxylation sites is 2. The van der Waals surface area contributed by atoms with Gasteiger partial charge in [-0.1, -0.05) is 37.6 Å². The first-order valence-electron chi connectivity index (χ1n) is 9.51. The Labute approximate surface area is 155 Å². The number of fused-ring (bicyclic) bond motifs is 1. The molecule has 26 heavy (non-hydrogen) atoms. The van der Waals surface area contributed by atoms with Crippen molar-refractivity contribution in [2.75, 3.05) is 6.61 Å². The third-order valence-electron chi connectivity index (χ3n) is 4.58. The number of ether oxygens (including phenoxy) is 1. The molecule has 0 aliphatic heterocycles. The van der Waals surface area contributed by atoms with E-state index in [9.17, 15) is 5.11 Å². The van der Waals surface area contributed by atoms with Gasteiger partial charge in [0.05, 0.1) is 17.6 Å². The smallest absolute Gasteiger partial charge is 0.138 e. The number of aliphatic hydroxyl groups excluding tert-OH is 1. The van der Waals surface area contributed by atoms with Crippen molar-refractivity contribution in [3.8, 4) is 5.75 Å². The number of imidazole rings is 1. The highest BCUT2D eigenvalue weighted by atomic mass is 16.5. The number of benzene rings is 2. The Morgan fingerprint density at radius 3 is 2.77 bits per heavy atom. The molecule has 4 heteroatoms. The fourth-order valence-electron chi connectivity index (χ4n) is 3.25. The van der Waals surface area contributed by atoms with Gasteiger partial charge in [0, 0.05) is 6.54 Å². The molecule has 0 aliphatic carbocycles. The van der Waals surface area contributed by atoms with Crippen LogP contribution in [0.3, 0.4) is 0 Å². The van der Waals surface area contributed by atoms with Gasteiger partial charge in [-0.05, 0) is 56.0 Å². The zero-order chi connectivity index (χ0) is 18.4. The van der Waals surface area contributed by atoms with E-state index >= 15 is 0 Å². The normalized spacial score (nSPS) is 12.4. The van der Waals surface area contributed by atoms with Gasteiger partial charge in [-0.25, -0.2) is 4.98 Å². The Morgan fingerprint density at radius 1 is 1.12 bits per heavy atom. The zero-order valence-corrected chi connectivity index (χ0v) is 15.7. The Bertz CT molecular complexity index is 841. The van der Waals surface area contributed by atoms with Crippen LogP contribution in [0.1, 0.15) is 50.1 Å². The summed E-state index contributed by atoms with van der Waals surface area (Å²) >= 11 is 0. The Kier molecular flexibility index (Phi) is 6.29. The minimum atomic E-state index is -0.504. The lowest BCUT2D eigenvalue weighted by atomic mass is 10.2. The standard InChI is InChI=1S/C22H28N2O2/c1-3-9-21(25)22-23-19-12-4-5-13-20(19)24(22)14-6-7-15-26-18-11-8-10-17(2)16-18/h4-5,8,10-13,16,21,25H,3,6-7,9,14-15H2,1-2H3. The average Bonchev–Trinajstić information content (AvgIpc) is 3.01. The van der Waals surface area contributed by atoms with Gasteiger partial charge < -0.3 is 14.4 Å². The molecule has 1 atom stereocenters. The summed E-state index contributed by atoms with van der Waals surface area (Å²) in [5, 5.41) is 10.5. The monoisotopic (exact) mass is 352 g/mol. The van der Waals surface area contributed by atoms with Gasteiger partial charge in [-0.2, -0.15) is 0 Å². The molecular weight excluding hydrogens is 324 g/mol. The number of hydrogen-bond acceptors (Lipinski definition) is 3. The van der Waals surface area contributed by atoms with E-state index in [4.69, 9.17) is 4.74 Å². The van der Waals surface area contributed by atoms with Gasteiger partial charge >= 0.3 is 0 Å². The van der Waals surface area contributed by atoms with Crippen LogP contribution in [-0.2, 0) is 6.54 Å². The van der Waals surface area contributed by atoms with Gasteiger partial charge in [-0.15, -0.1) is 0 Å². The van der Waals surface area contributed by atoms with Crippen molar-refractivity contribution in [1.82, 2.24) is 9.55 Å².